The summed E-state index contributed by atoms with van der Waals surface area (Å²) in [4.78, 5) is 12.0. The standard InChI is InChI=1S/C12H10N4OS2/c1-13-12-16-15-11(19-12)10(17)14-8-2-3-9-7(6-8)4-5-18-9/h2-6H,1H3,(H,13,16)(H,14,17). The molecule has 2 N–H and O–H groups in total. The van der Waals surface area contributed by atoms with Crippen LogP contribution < -0.4 is 10.6 Å². The van der Waals surface area contributed by atoms with Gasteiger partial charge in [0.15, 0.2) is 0 Å². The molecule has 0 saturated carbocycles. The van der Waals surface area contributed by atoms with Crippen LogP contribution >= 0.6 is 22.7 Å². The number of hydrogen-bond donors (Lipinski definition) is 2. The van der Waals surface area contributed by atoms with Gasteiger partial charge in [-0.25, -0.2) is 0 Å². The molecule has 7 heteroatoms. The zero-order valence-corrected chi connectivity index (χ0v) is 11.6. The third-order valence-electron chi connectivity index (χ3n) is 2.54. The number of rotatable bonds is 3. The molecule has 3 rings (SSSR count). The van der Waals surface area contributed by atoms with Crippen LogP contribution in [0.1, 0.15) is 9.80 Å². The Morgan fingerprint density at radius 2 is 2.16 bits per heavy atom. The molecule has 1 aromatic carbocycles. The summed E-state index contributed by atoms with van der Waals surface area (Å²) >= 11 is 2.90. The van der Waals surface area contributed by atoms with Crippen LogP contribution in [0, 0.1) is 0 Å². The molecule has 0 saturated heterocycles. The predicted molar refractivity (Wildman–Crippen MR) is 79.2 cm³/mol. The van der Waals surface area contributed by atoms with Gasteiger partial charge in [0.05, 0.1) is 0 Å². The van der Waals surface area contributed by atoms with Crippen molar-refractivity contribution in [3.63, 3.8) is 0 Å². The molecule has 19 heavy (non-hydrogen) atoms. The molecule has 5 nitrogen and oxygen atoms in total. The van der Waals surface area contributed by atoms with Crippen LogP contribution in [0.3, 0.4) is 0 Å². The quantitative estimate of drug-likeness (QED) is 0.778. The highest BCUT2D eigenvalue weighted by atomic mass is 32.1. The molecule has 0 aliphatic rings. The Balaban J connectivity index is 1.81. The second-order valence-electron chi connectivity index (χ2n) is 3.79. The molecule has 0 fully saturated rings. The van der Waals surface area contributed by atoms with E-state index in [-0.39, 0.29) is 5.91 Å². The fourth-order valence-electron chi connectivity index (χ4n) is 1.64. The largest absolute Gasteiger partial charge is 0.363 e. The normalized spacial score (nSPS) is 10.6. The number of nitrogens with one attached hydrogen (secondary N) is 2. The van der Waals surface area contributed by atoms with Crippen molar-refractivity contribution in [2.24, 2.45) is 0 Å². The van der Waals surface area contributed by atoms with Crippen LogP contribution in [0.4, 0.5) is 10.8 Å². The van der Waals surface area contributed by atoms with E-state index in [9.17, 15) is 4.79 Å². The molecule has 0 bridgehead atoms. The Bertz CT molecular complexity index is 734. The first-order valence-corrected chi connectivity index (χ1v) is 7.26. The van der Waals surface area contributed by atoms with Crippen molar-refractivity contribution in [3.8, 4) is 0 Å². The second kappa shape index (κ2) is 4.94. The minimum absolute atomic E-state index is 0.242. The fourth-order valence-corrected chi connectivity index (χ4v) is 3.01. The van der Waals surface area contributed by atoms with Gasteiger partial charge in [-0.2, -0.15) is 0 Å². The molecule has 0 spiro atoms. The maximum absolute atomic E-state index is 12.0. The topological polar surface area (TPSA) is 66.9 Å². The van der Waals surface area contributed by atoms with E-state index in [0.29, 0.717) is 10.1 Å². The summed E-state index contributed by atoms with van der Waals surface area (Å²) in [5.74, 6) is -0.242. The monoisotopic (exact) mass is 290 g/mol. The minimum atomic E-state index is -0.242. The van der Waals surface area contributed by atoms with Gasteiger partial charge in [0.25, 0.3) is 5.91 Å². The van der Waals surface area contributed by atoms with Crippen molar-refractivity contribution >= 4 is 49.5 Å². The summed E-state index contributed by atoms with van der Waals surface area (Å²) in [6.07, 6.45) is 0. The third-order valence-corrected chi connectivity index (χ3v) is 4.38. The summed E-state index contributed by atoms with van der Waals surface area (Å²) in [7, 11) is 1.74. The number of benzene rings is 1. The summed E-state index contributed by atoms with van der Waals surface area (Å²) in [6.45, 7) is 0. The van der Waals surface area contributed by atoms with E-state index >= 15 is 0 Å². The number of amides is 1. The first-order chi connectivity index (χ1) is 9.26. The van der Waals surface area contributed by atoms with E-state index < -0.39 is 0 Å². The first kappa shape index (κ1) is 12.1. The Morgan fingerprint density at radius 1 is 1.26 bits per heavy atom. The van der Waals surface area contributed by atoms with E-state index in [1.807, 2.05) is 29.6 Å². The maximum Gasteiger partial charge on any atom is 0.286 e. The Hall–Kier alpha value is -1.99. The average molecular weight is 290 g/mol. The lowest BCUT2D eigenvalue weighted by Crippen LogP contribution is -2.11. The van der Waals surface area contributed by atoms with E-state index in [2.05, 4.69) is 20.8 Å². The van der Waals surface area contributed by atoms with Gasteiger partial charge in [-0.15, -0.1) is 21.5 Å². The molecule has 0 radical (unpaired) electrons. The summed E-state index contributed by atoms with van der Waals surface area (Å²) in [5.41, 5.74) is 0.761. The molecule has 3 aromatic rings. The highest BCUT2D eigenvalue weighted by Crippen LogP contribution is 2.24. The Morgan fingerprint density at radius 3 is 2.95 bits per heavy atom. The first-order valence-electron chi connectivity index (χ1n) is 5.56. The average Bonchev–Trinajstić information content (AvgIpc) is 3.06. The van der Waals surface area contributed by atoms with Gasteiger partial charge in [0, 0.05) is 17.4 Å². The van der Waals surface area contributed by atoms with Crippen molar-refractivity contribution < 1.29 is 4.79 Å². The highest BCUT2D eigenvalue weighted by molar-refractivity contribution is 7.17. The number of fused-ring (bicyclic) bond motifs is 1. The van der Waals surface area contributed by atoms with Crippen molar-refractivity contribution in [1.82, 2.24) is 10.2 Å². The number of carbonyl (C=O) groups is 1. The molecule has 0 atom stereocenters. The van der Waals surface area contributed by atoms with Crippen molar-refractivity contribution in [2.45, 2.75) is 0 Å². The molecule has 96 valence electrons. The van der Waals surface area contributed by atoms with E-state index in [0.717, 1.165) is 11.1 Å². The van der Waals surface area contributed by atoms with E-state index in [1.54, 1.807) is 18.4 Å². The molecular weight excluding hydrogens is 280 g/mol. The molecule has 0 aliphatic heterocycles. The molecule has 2 heterocycles. The van der Waals surface area contributed by atoms with Crippen LogP contribution in [0.5, 0.6) is 0 Å². The Kier molecular flexibility index (Phi) is 3.14. The third kappa shape index (κ3) is 2.42. The van der Waals surface area contributed by atoms with Gasteiger partial charge >= 0.3 is 0 Å². The molecule has 0 aliphatic carbocycles. The smallest absolute Gasteiger partial charge is 0.286 e. The van der Waals surface area contributed by atoms with Crippen molar-refractivity contribution in [1.29, 1.82) is 0 Å². The number of carbonyl (C=O) groups excluding carboxylic acids is 1. The number of nitrogens with zero attached hydrogens (tertiary/aromatic N) is 2. The van der Waals surface area contributed by atoms with Gasteiger partial charge < -0.3 is 10.6 Å². The van der Waals surface area contributed by atoms with Gasteiger partial charge in [-0.1, -0.05) is 11.3 Å². The summed E-state index contributed by atoms with van der Waals surface area (Å²) in [6, 6.07) is 7.86. The number of aromatic nitrogens is 2. The summed E-state index contributed by atoms with van der Waals surface area (Å²) < 4.78 is 1.20. The lowest BCUT2D eigenvalue weighted by Gasteiger charge is -2.02. The summed E-state index contributed by atoms with van der Waals surface area (Å²) in [5, 5.41) is 17.5. The lowest BCUT2D eigenvalue weighted by atomic mass is 10.2. The maximum atomic E-state index is 12.0. The van der Waals surface area contributed by atoms with Gasteiger partial charge in [-0.3, -0.25) is 4.79 Å². The number of thiophene rings is 1. The van der Waals surface area contributed by atoms with Crippen molar-refractivity contribution in [3.05, 3.63) is 34.7 Å². The number of hydrogen-bond acceptors (Lipinski definition) is 6. The second-order valence-corrected chi connectivity index (χ2v) is 5.71. The zero-order valence-electron chi connectivity index (χ0n) is 10.0. The molecule has 1 amide bonds. The van der Waals surface area contributed by atoms with Crippen LogP contribution in [0.2, 0.25) is 0 Å². The molecular formula is C12H10N4OS2. The van der Waals surface area contributed by atoms with Crippen LogP contribution in [-0.4, -0.2) is 23.2 Å². The molecule has 0 unspecified atom stereocenters. The van der Waals surface area contributed by atoms with E-state index in [1.165, 1.54) is 16.0 Å². The van der Waals surface area contributed by atoms with Crippen LogP contribution in [0.15, 0.2) is 29.6 Å². The van der Waals surface area contributed by atoms with Crippen LogP contribution in [-0.2, 0) is 0 Å². The molecule has 2 aromatic heterocycles. The fraction of sp³-hybridized carbons (Fsp3) is 0.0833. The zero-order chi connectivity index (χ0) is 13.2. The van der Waals surface area contributed by atoms with Crippen LogP contribution in [0.25, 0.3) is 10.1 Å². The van der Waals surface area contributed by atoms with Gasteiger partial charge in [-0.05, 0) is 35.0 Å². The van der Waals surface area contributed by atoms with Crippen molar-refractivity contribution in [2.75, 3.05) is 17.7 Å². The predicted octanol–water partition coefficient (Wildman–Crippen LogP) is 3.05. The lowest BCUT2D eigenvalue weighted by molar-refractivity contribution is 0.102. The van der Waals surface area contributed by atoms with Gasteiger partial charge in [0.2, 0.25) is 10.1 Å². The SMILES string of the molecule is CNc1nnc(C(=O)Nc2ccc3sccc3c2)s1. The Labute approximate surface area is 117 Å². The minimum Gasteiger partial charge on any atom is -0.363 e. The highest BCUT2D eigenvalue weighted by Gasteiger charge is 2.12. The van der Waals surface area contributed by atoms with E-state index in [4.69, 9.17) is 0 Å². The van der Waals surface area contributed by atoms with Gasteiger partial charge in [0.1, 0.15) is 0 Å². The number of anilines is 2.